The molecule has 0 aliphatic heterocycles. The van der Waals surface area contributed by atoms with E-state index in [2.05, 4.69) is 19.3 Å². The molecule has 0 radical (unpaired) electrons. The summed E-state index contributed by atoms with van der Waals surface area (Å²) in [6.45, 7) is 6.20. The second-order valence-corrected chi connectivity index (χ2v) is 4.69. The third-order valence-electron chi connectivity index (χ3n) is 3.73. The van der Waals surface area contributed by atoms with Crippen molar-refractivity contribution in [2.45, 2.75) is 38.8 Å². The Balaban J connectivity index is 3.16. The minimum atomic E-state index is -0.339. The third-order valence-corrected chi connectivity index (χ3v) is 3.73. The van der Waals surface area contributed by atoms with Crippen LogP contribution in [0, 0.1) is 6.92 Å². The molecule has 0 spiro atoms. The summed E-state index contributed by atoms with van der Waals surface area (Å²) in [5.74, 6) is 6.57. The molecule has 2 unspecified atom stereocenters. The average Bonchev–Trinajstić information content (AvgIpc) is 2.40. The van der Waals surface area contributed by atoms with Crippen LogP contribution in [-0.2, 0) is 4.74 Å². The monoisotopic (exact) mass is 252 g/mol. The van der Waals surface area contributed by atoms with Gasteiger partial charge in [-0.1, -0.05) is 13.0 Å². The number of hydrogen-bond donors (Lipinski definition) is 2. The first-order chi connectivity index (χ1) is 8.52. The first-order valence-corrected chi connectivity index (χ1v) is 6.18. The van der Waals surface area contributed by atoms with Gasteiger partial charge in [0.05, 0.1) is 18.8 Å². The standard InChI is InChI=1S/C14H24N2O2/c1-6-14(3,18-5)13(16-15)12-8-7-11(17-4)9-10(12)2/h7-9,13,16H,6,15H2,1-5H3. The van der Waals surface area contributed by atoms with E-state index >= 15 is 0 Å². The van der Waals surface area contributed by atoms with Gasteiger partial charge in [-0.25, -0.2) is 0 Å². The van der Waals surface area contributed by atoms with Gasteiger partial charge in [-0.05, 0) is 43.5 Å². The molecule has 3 N–H and O–H groups in total. The SMILES string of the molecule is CCC(C)(OC)C(NN)c1ccc(OC)cc1C. The highest BCUT2D eigenvalue weighted by molar-refractivity contribution is 5.37. The Morgan fingerprint density at radius 2 is 2.06 bits per heavy atom. The zero-order chi connectivity index (χ0) is 13.8. The van der Waals surface area contributed by atoms with Crippen LogP contribution in [0.15, 0.2) is 18.2 Å². The summed E-state index contributed by atoms with van der Waals surface area (Å²) in [7, 11) is 3.38. The number of aryl methyl sites for hydroxylation is 1. The zero-order valence-electron chi connectivity index (χ0n) is 11.9. The number of hydrogen-bond acceptors (Lipinski definition) is 4. The van der Waals surface area contributed by atoms with Gasteiger partial charge in [0.15, 0.2) is 0 Å². The van der Waals surface area contributed by atoms with Gasteiger partial charge in [0.25, 0.3) is 0 Å². The molecule has 0 fully saturated rings. The summed E-state index contributed by atoms with van der Waals surface area (Å²) >= 11 is 0. The van der Waals surface area contributed by atoms with Crippen LogP contribution in [0.2, 0.25) is 0 Å². The Labute approximate surface area is 109 Å². The Bertz CT molecular complexity index is 389. The van der Waals surface area contributed by atoms with E-state index in [1.165, 1.54) is 0 Å². The Morgan fingerprint density at radius 3 is 2.44 bits per heavy atom. The first kappa shape index (κ1) is 15.0. The van der Waals surface area contributed by atoms with Crippen molar-refractivity contribution < 1.29 is 9.47 Å². The molecule has 0 saturated carbocycles. The van der Waals surface area contributed by atoms with Gasteiger partial charge in [0.2, 0.25) is 0 Å². The lowest BCUT2D eigenvalue weighted by Crippen LogP contribution is -2.46. The van der Waals surface area contributed by atoms with Crippen molar-refractivity contribution in [1.29, 1.82) is 0 Å². The van der Waals surface area contributed by atoms with Gasteiger partial charge in [-0.2, -0.15) is 0 Å². The lowest BCUT2D eigenvalue weighted by Gasteiger charge is -2.36. The molecule has 102 valence electrons. The largest absolute Gasteiger partial charge is 0.497 e. The number of nitrogens with two attached hydrogens (primary N) is 1. The van der Waals surface area contributed by atoms with Gasteiger partial charge in [0, 0.05) is 7.11 Å². The van der Waals surface area contributed by atoms with E-state index in [1.807, 2.05) is 25.1 Å². The summed E-state index contributed by atoms with van der Waals surface area (Å²) in [6.07, 6.45) is 0.865. The molecular formula is C14H24N2O2. The lowest BCUT2D eigenvalue weighted by atomic mass is 9.86. The van der Waals surface area contributed by atoms with Crippen LogP contribution in [0.1, 0.15) is 37.4 Å². The first-order valence-electron chi connectivity index (χ1n) is 6.18. The molecule has 1 aromatic carbocycles. The molecule has 0 aliphatic carbocycles. The van der Waals surface area contributed by atoms with Crippen LogP contribution in [0.5, 0.6) is 5.75 Å². The summed E-state index contributed by atoms with van der Waals surface area (Å²) < 4.78 is 10.9. The fraction of sp³-hybridized carbons (Fsp3) is 0.571. The molecule has 0 heterocycles. The van der Waals surface area contributed by atoms with E-state index in [9.17, 15) is 0 Å². The van der Waals surface area contributed by atoms with Crippen molar-refractivity contribution in [3.05, 3.63) is 29.3 Å². The molecule has 0 amide bonds. The maximum atomic E-state index is 5.72. The van der Waals surface area contributed by atoms with E-state index in [1.54, 1.807) is 14.2 Å². The minimum absolute atomic E-state index is 0.0570. The van der Waals surface area contributed by atoms with Crippen LogP contribution < -0.4 is 16.0 Å². The van der Waals surface area contributed by atoms with Gasteiger partial charge in [-0.15, -0.1) is 0 Å². The van der Waals surface area contributed by atoms with Gasteiger partial charge < -0.3 is 9.47 Å². The van der Waals surface area contributed by atoms with E-state index in [0.29, 0.717) is 0 Å². The van der Waals surface area contributed by atoms with Crippen LogP contribution in [0.25, 0.3) is 0 Å². The van der Waals surface area contributed by atoms with Gasteiger partial charge in [0.1, 0.15) is 5.75 Å². The summed E-state index contributed by atoms with van der Waals surface area (Å²) in [6, 6.07) is 5.92. The molecule has 4 heteroatoms. The van der Waals surface area contributed by atoms with Crippen LogP contribution >= 0.6 is 0 Å². The van der Waals surface area contributed by atoms with Crippen molar-refractivity contribution >= 4 is 0 Å². The maximum absolute atomic E-state index is 5.72. The van der Waals surface area contributed by atoms with E-state index in [4.69, 9.17) is 15.3 Å². The second-order valence-electron chi connectivity index (χ2n) is 4.69. The normalized spacial score (nSPS) is 16.1. The van der Waals surface area contributed by atoms with E-state index in [0.717, 1.165) is 23.3 Å². The molecular weight excluding hydrogens is 228 g/mol. The fourth-order valence-corrected chi connectivity index (χ4v) is 2.16. The number of hydrazine groups is 1. The van der Waals surface area contributed by atoms with Crippen molar-refractivity contribution in [2.75, 3.05) is 14.2 Å². The summed E-state index contributed by atoms with van der Waals surface area (Å²) in [5, 5.41) is 0. The topological polar surface area (TPSA) is 56.5 Å². The molecule has 2 atom stereocenters. The van der Waals surface area contributed by atoms with Crippen LogP contribution in [0.4, 0.5) is 0 Å². The Morgan fingerprint density at radius 1 is 1.39 bits per heavy atom. The van der Waals surface area contributed by atoms with Gasteiger partial charge >= 0.3 is 0 Å². The van der Waals surface area contributed by atoms with Crippen LogP contribution in [-0.4, -0.2) is 19.8 Å². The molecule has 1 rings (SSSR count). The number of benzene rings is 1. The zero-order valence-corrected chi connectivity index (χ0v) is 11.9. The van der Waals surface area contributed by atoms with E-state index in [-0.39, 0.29) is 11.6 Å². The predicted octanol–water partition coefficient (Wildman–Crippen LogP) is 2.32. The quantitative estimate of drug-likeness (QED) is 0.602. The molecule has 0 aromatic heterocycles. The predicted molar refractivity (Wildman–Crippen MR) is 73.5 cm³/mol. The van der Waals surface area contributed by atoms with Crippen LogP contribution in [0.3, 0.4) is 0 Å². The highest BCUT2D eigenvalue weighted by atomic mass is 16.5. The smallest absolute Gasteiger partial charge is 0.119 e. The molecule has 0 saturated heterocycles. The van der Waals surface area contributed by atoms with Gasteiger partial charge in [-0.3, -0.25) is 11.3 Å². The number of ether oxygens (including phenoxy) is 2. The Hall–Kier alpha value is -1.10. The van der Waals surface area contributed by atoms with Crippen molar-refractivity contribution in [1.82, 2.24) is 5.43 Å². The maximum Gasteiger partial charge on any atom is 0.119 e. The number of nitrogens with one attached hydrogen (secondary N) is 1. The summed E-state index contributed by atoms with van der Waals surface area (Å²) in [5.41, 5.74) is 4.80. The Kier molecular flexibility index (Phi) is 5.14. The number of rotatable bonds is 6. The molecule has 18 heavy (non-hydrogen) atoms. The van der Waals surface area contributed by atoms with E-state index < -0.39 is 0 Å². The minimum Gasteiger partial charge on any atom is -0.497 e. The summed E-state index contributed by atoms with van der Waals surface area (Å²) in [4.78, 5) is 0. The highest BCUT2D eigenvalue weighted by Gasteiger charge is 2.33. The van der Waals surface area contributed by atoms with Crippen molar-refractivity contribution in [3.8, 4) is 5.75 Å². The molecule has 1 aromatic rings. The number of methoxy groups -OCH3 is 2. The highest BCUT2D eigenvalue weighted by Crippen LogP contribution is 2.33. The second kappa shape index (κ2) is 6.18. The fourth-order valence-electron chi connectivity index (χ4n) is 2.16. The molecule has 0 aliphatic rings. The lowest BCUT2D eigenvalue weighted by molar-refractivity contribution is -0.0302. The average molecular weight is 252 g/mol. The molecule has 0 bridgehead atoms. The van der Waals surface area contributed by atoms with Crippen molar-refractivity contribution in [2.24, 2.45) is 5.84 Å². The third kappa shape index (κ3) is 2.83. The molecule has 4 nitrogen and oxygen atoms in total. The van der Waals surface area contributed by atoms with Crippen molar-refractivity contribution in [3.63, 3.8) is 0 Å².